The summed E-state index contributed by atoms with van der Waals surface area (Å²) in [5.74, 6) is 2.64. The van der Waals surface area contributed by atoms with E-state index >= 15 is 0 Å². The van der Waals surface area contributed by atoms with E-state index in [4.69, 9.17) is 14.2 Å². The molecule has 0 amide bonds. The molecule has 172 valence electrons. The standard InChI is InChI=1S/C28H36O4/c1-18(2)10-8-11-19(3)28(4,5)32-26-23(15-17-25(30-6)27(26)31-7)20-12-9-13-22-21(20)14-16-24(22)29/h9,12-13,15,17-18H,3,8,10-11,14,16H2,1-2,4-7H3. The first kappa shape index (κ1) is 23.9. The predicted molar refractivity (Wildman–Crippen MR) is 130 cm³/mol. The van der Waals surface area contributed by atoms with Crippen molar-refractivity contribution in [3.05, 3.63) is 53.6 Å². The van der Waals surface area contributed by atoms with E-state index in [0.717, 1.165) is 53.5 Å². The molecule has 1 aliphatic rings. The first-order valence-corrected chi connectivity index (χ1v) is 11.5. The molecule has 0 heterocycles. The van der Waals surface area contributed by atoms with E-state index in [1.807, 2.05) is 38.1 Å². The molecule has 0 fully saturated rings. The van der Waals surface area contributed by atoms with Gasteiger partial charge in [0.2, 0.25) is 5.75 Å². The van der Waals surface area contributed by atoms with Crippen molar-refractivity contribution in [2.75, 3.05) is 14.2 Å². The minimum absolute atomic E-state index is 0.198. The van der Waals surface area contributed by atoms with Crippen molar-refractivity contribution in [2.45, 2.75) is 65.4 Å². The number of rotatable bonds is 10. The highest BCUT2D eigenvalue weighted by atomic mass is 16.5. The van der Waals surface area contributed by atoms with Crippen LogP contribution in [0.4, 0.5) is 0 Å². The average molecular weight is 437 g/mol. The maximum Gasteiger partial charge on any atom is 0.203 e. The van der Waals surface area contributed by atoms with Crippen LogP contribution in [0.3, 0.4) is 0 Å². The van der Waals surface area contributed by atoms with Crippen molar-refractivity contribution in [3.8, 4) is 28.4 Å². The predicted octanol–water partition coefficient (Wildman–Crippen LogP) is 7.04. The second-order valence-electron chi connectivity index (χ2n) is 9.43. The monoisotopic (exact) mass is 436 g/mol. The molecule has 0 spiro atoms. The molecule has 0 unspecified atom stereocenters. The Balaban J connectivity index is 2.05. The molecule has 4 heteroatoms. The van der Waals surface area contributed by atoms with Crippen LogP contribution >= 0.6 is 0 Å². The van der Waals surface area contributed by atoms with Gasteiger partial charge in [0.1, 0.15) is 5.60 Å². The Morgan fingerprint density at radius 1 is 1.00 bits per heavy atom. The number of benzene rings is 2. The lowest BCUT2D eigenvalue weighted by atomic mass is 9.92. The van der Waals surface area contributed by atoms with Gasteiger partial charge in [0.15, 0.2) is 17.3 Å². The molecule has 4 nitrogen and oxygen atoms in total. The molecule has 0 bridgehead atoms. The highest BCUT2D eigenvalue weighted by Gasteiger charge is 2.30. The summed E-state index contributed by atoms with van der Waals surface area (Å²) in [6.45, 7) is 12.9. The molecule has 0 aliphatic heterocycles. The molecule has 0 N–H and O–H groups in total. The van der Waals surface area contributed by atoms with Crippen molar-refractivity contribution >= 4 is 5.78 Å². The lowest BCUT2D eigenvalue weighted by molar-refractivity contribution is 0.0994. The van der Waals surface area contributed by atoms with Gasteiger partial charge < -0.3 is 14.2 Å². The second-order valence-corrected chi connectivity index (χ2v) is 9.43. The number of hydrogen-bond donors (Lipinski definition) is 0. The number of fused-ring (bicyclic) bond motifs is 1. The van der Waals surface area contributed by atoms with Gasteiger partial charge in [0, 0.05) is 17.5 Å². The molecule has 0 radical (unpaired) electrons. The van der Waals surface area contributed by atoms with Crippen molar-refractivity contribution in [2.24, 2.45) is 5.92 Å². The van der Waals surface area contributed by atoms with Crippen LogP contribution in [0.1, 0.15) is 69.3 Å². The Kier molecular flexibility index (Phi) is 7.33. The average Bonchev–Trinajstić information content (AvgIpc) is 3.14. The van der Waals surface area contributed by atoms with Gasteiger partial charge >= 0.3 is 0 Å². The van der Waals surface area contributed by atoms with Gasteiger partial charge in [0.25, 0.3) is 0 Å². The van der Waals surface area contributed by atoms with E-state index in [2.05, 4.69) is 26.5 Å². The van der Waals surface area contributed by atoms with Crippen LogP contribution in [-0.4, -0.2) is 25.6 Å². The second kappa shape index (κ2) is 9.81. The van der Waals surface area contributed by atoms with Crippen molar-refractivity contribution < 1.29 is 19.0 Å². The minimum atomic E-state index is -0.598. The SMILES string of the molecule is C=C(CCCC(C)C)C(C)(C)Oc1c(-c2cccc3c2CCC3=O)ccc(OC)c1OC. The topological polar surface area (TPSA) is 44.8 Å². The zero-order valence-electron chi connectivity index (χ0n) is 20.3. The van der Waals surface area contributed by atoms with Gasteiger partial charge in [0.05, 0.1) is 14.2 Å². The van der Waals surface area contributed by atoms with Gasteiger partial charge in [-0.25, -0.2) is 0 Å². The number of ketones is 1. The number of ether oxygens (including phenoxy) is 3. The van der Waals surface area contributed by atoms with Crippen LogP contribution in [0, 0.1) is 5.92 Å². The number of carbonyl (C=O) groups excluding carboxylic acids is 1. The van der Waals surface area contributed by atoms with E-state index in [0.29, 0.717) is 29.6 Å². The van der Waals surface area contributed by atoms with Crippen LogP contribution in [0.25, 0.3) is 11.1 Å². The molecule has 1 aliphatic carbocycles. The highest BCUT2D eigenvalue weighted by molar-refractivity contribution is 6.02. The van der Waals surface area contributed by atoms with Crippen LogP contribution in [-0.2, 0) is 6.42 Å². The summed E-state index contributed by atoms with van der Waals surface area (Å²) in [5.41, 5.74) is 4.23. The maximum atomic E-state index is 12.3. The van der Waals surface area contributed by atoms with Crippen LogP contribution in [0.15, 0.2) is 42.5 Å². The smallest absolute Gasteiger partial charge is 0.203 e. The van der Waals surface area contributed by atoms with Crippen LogP contribution < -0.4 is 14.2 Å². The first-order chi connectivity index (χ1) is 15.2. The third-order valence-electron chi connectivity index (χ3n) is 6.34. The lowest BCUT2D eigenvalue weighted by Crippen LogP contribution is -2.31. The zero-order valence-corrected chi connectivity index (χ0v) is 20.3. The highest BCUT2D eigenvalue weighted by Crippen LogP contribution is 2.48. The van der Waals surface area contributed by atoms with Crippen molar-refractivity contribution in [3.63, 3.8) is 0 Å². The molecule has 0 saturated heterocycles. The Morgan fingerprint density at radius 3 is 2.38 bits per heavy atom. The molecule has 0 saturated carbocycles. The normalized spacial score (nSPS) is 13.3. The van der Waals surface area contributed by atoms with Crippen LogP contribution in [0.2, 0.25) is 0 Å². The number of Topliss-reactive ketones (excluding diaryl/α,β-unsaturated/α-hetero) is 1. The quantitative estimate of drug-likeness (QED) is 0.375. The summed E-state index contributed by atoms with van der Waals surface area (Å²) in [6.07, 6.45) is 4.44. The first-order valence-electron chi connectivity index (χ1n) is 11.5. The number of methoxy groups -OCH3 is 2. The Morgan fingerprint density at radius 2 is 1.72 bits per heavy atom. The molecule has 32 heavy (non-hydrogen) atoms. The molecule has 2 aromatic rings. The summed E-state index contributed by atoms with van der Waals surface area (Å²) in [6, 6.07) is 9.79. The van der Waals surface area contributed by atoms with Gasteiger partial charge in [-0.1, -0.05) is 45.0 Å². The molecular weight excluding hydrogens is 400 g/mol. The molecular formula is C28H36O4. The van der Waals surface area contributed by atoms with E-state index in [-0.39, 0.29) is 5.78 Å². The van der Waals surface area contributed by atoms with Gasteiger partial charge in [-0.2, -0.15) is 0 Å². The Labute approximate surface area is 192 Å². The summed E-state index contributed by atoms with van der Waals surface area (Å²) >= 11 is 0. The third kappa shape index (κ3) is 4.85. The van der Waals surface area contributed by atoms with Gasteiger partial charge in [-0.15, -0.1) is 0 Å². The Hall–Kier alpha value is -2.75. The van der Waals surface area contributed by atoms with Gasteiger partial charge in [-0.05, 0) is 67.9 Å². The van der Waals surface area contributed by atoms with E-state index < -0.39 is 5.60 Å². The Bertz CT molecular complexity index is 1000. The lowest BCUT2D eigenvalue weighted by Gasteiger charge is -2.31. The number of hydrogen-bond acceptors (Lipinski definition) is 4. The van der Waals surface area contributed by atoms with Gasteiger partial charge in [-0.3, -0.25) is 4.79 Å². The van der Waals surface area contributed by atoms with Crippen molar-refractivity contribution in [1.82, 2.24) is 0 Å². The molecule has 2 aromatic carbocycles. The summed E-state index contributed by atoms with van der Waals surface area (Å²) in [4.78, 5) is 12.3. The maximum absolute atomic E-state index is 12.3. The van der Waals surface area contributed by atoms with E-state index in [9.17, 15) is 4.79 Å². The fraction of sp³-hybridized carbons (Fsp3) is 0.464. The fourth-order valence-corrected chi connectivity index (χ4v) is 4.31. The molecule has 3 rings (SSSR count). The largest absolute Gasteiger partial charge is 0.493 e. The minimum Gasteiger partial charge on any atom is -0.493 e. The number of carbonyl (C=O) groups is 1. The molecule has 0 atom stereocenters. The summed E-state index contributed by atoms with van der Waals surface area (Å²) in [7, 11) is 3.24. The third-order valence-corrected chi connectivity index (χ3v) is 6.34. The van der Waals surface area contributed by atoms with E-state index in [1.165, 1.54) is 0 Å². The van der Waals surface area contributed by atoms with Crippen molar-refractivity contribution in [1.29, 1.82) is 0 Å². The van der Waals surface area contributed by atoms with E-state index in [1.54, 1.807) is 14.2 Å². The summed E-state index contributed by atoms with van der Waals surface area (Å²) in [5, 5.41) is 0. The zero-order chi connectivity index (χ0) is 23.5. The summed E-state index contributed by atoms with van der Waals surface area (Å²) < 4.78 is 18.0. The van der Waals surface area contributed by atoms with Crippen LogP contribution in [0.5, 0.6) is 17.2 Å². The fourth-order valence-electron chi connectivity index (χ4n) is 4.31. The molecule has 0 aromatic heterocycles.